The van der Waals surface area contributed by atoms with Gasteiger partial charge in [-0.3, -0.25) is 0 Å². The summed E-state index contributed by atoms with van der Waals surface area (Å²) in [5.41, 5.74) is 2.27. The molecule has 13 heavy (non-hydrogen) atoms. The molecule has 0 aliphatic heterocycles. The highest BCUT2D eigenvalue weighted by Crippen LogP contribution is 2.06. The van der Waals surface area contributed by atoms with Crippen LogP contribution >= 0.6 is 25.3 Å². The van der Waals surface area contributed by atoms with Gasteiger partial charge < -0.3 is 0 Å². The number of thiol groups is 2. The van der Waals surface area contributed by atoms with Crippen LogP contribution in [0.3, 0.4) is 0 Å². The third-order valence-corrected chi connectivity index (χ3v) is 2.17. The molecule has 0 bridgehead atoms. The molecule has 0 saturated carbocycles. The lowest BCUT2D eigenvalue weighted by molar-refractivity contribution is 1.31. The van der Waals surface area contributed by atoms with Crippen LogP contribution < -0.4 is 0 Å². The Morgan fingerprint density at radius 1 is 1.23 bits per heavy atom. The Morgan fingerprint density at radius 3 is 2.77 bits per heavy atom. The van der Waals surface area contributed by atoms with Crippen molar-refractivity contribution in [2.45, 2.75) is 12.2 Å². The Hall–Kier alpha value is -0.520. The van der Waals surface area contributed by atoms with Crippen LogP contribution in [0.5, 0.6) is 0 Å². The summed E-state index contributed by atoms with van der Waals surface area (Å²) in [7, 11) is 0. The highest BCUT2D eigenvalue weighted by Gasteiger charge is 1.89. The summed E-state index contributed by atoms with van der Waals surface area (Å²) in [5.74, 6) is 7.72. The van der Waals surface area contributed by atoms with Crippen LogP contribution in [0.15, 0.2) is 24.3 Å². The van der Waals surface area contributed by atoms with Crippen molar-refractivity contribution in [3.05, 3.63) is 35.4 Å². The van der Waals surface area contributed by atoms with Crippen molar-refractivity contribution in [3.63, 3.8) is 0 Å². The average Bonchev–Trinajstić information content (AvgIpc) is 2.19. The molecule has 0 amide bonds. The molecule has 0 spiro atoms. The molecule has 0 saturated heterocycles. The van der Waals surface area contributed by atoms with Gasteiger partial charge in [0, 0.05) is 23.5 Å². The van der Waals surface area contributed by atoms with E-state index in [0.29, 0.717) is 0 Å². The zero-order valence-electron chi connectivity index (χ0n) is 7.33. The second-order valence-corrected chi connectivity index (χ2v) is 3.40. The lowest BCUT2D eigenvalue weighted by Crippen LogP contribution is -1.80. The van der Waals surface area contributed by atoms with Crippen molar-refractivity contribution in [3.8, 4) is 11.8 Å². The van der Waals surface area contributed by atoms with E-state index >= 15 is 0 Å². The van der Waals surface area contributed by atoms with Gasteiger partial charge in [0.1, 0.15) is 0 Å². The second-order valence-electron chi connectivity index (χ2n) is 2.63. The maximum atomic E-state index is 4.21. The lowest BCUT2D eigenvalue weighted by Gasteiger charge is -1.95. The Bertz CT molecular complexity index is 320. The molecule has 0 fully saturated rings. The number of hydrogen-bond donors (Lipinski definition) is 2. The van der Waals surface area contributed by atoms with Gasteiger partial charge in [0.05, 0.1) is 0 Å². The highest BCUT2D eigenvalue weighted by molar-refractivity contribution is 7.80. The Labute approximate surface area is 90.6 Å². The monoisotopic (exact) mass is 208 g/mol. The van der Waals surface area contributed by atoms with Crippen LogP contribution in [0.1, 0.15) is 17.5 Å². The fraction of sp³-hybridized carbons (Fsp3) is 0.273. The molecule has 1 aromatic rings. The smallest absolute Gasteiger partial charge is 0.0248 e. The van der Waals surface area contributed by atoms with Gasteiger partial charge in [-0.2, -0.15) is 25.3 Å². The van der Waals surface area contributed by atoms with Crippen LogP contribution in [0.25, 0.3) is 0 Å². The summed E-state index contributed by atoms with van der Waals surface area (Å²) in [6.07, 6.45) is 0.841. The van der Waals surface area contributed by atoms with Gasteiger partial charge >= 0.3 is 0 Å². The van der Waals surface area contributed by atoms with Gasteiger partial charge in [-0.25, -0.2) is 0 Å². The minimum absolute atomic E-state index is 0.766. The predicted octanol–water partition coefficient (Wildman–Crippen LogP) is 2.79. The maximum Gasteiger partial charge on any atom is 0.0248 e. The van der Waals surface area contributed by atoms with Crippen LogP contribution in [-0.2, 0) is 5.75 Å². The number of benzene rings is 1. The Kier molecular flexibility index (Phi) is 4.88. The first kappa shape index (κ1) is 10.6. The van der Waals surface area contributed by atoms with Crippen LogP contribution in [-0.4, -0.2) is 5.75 Å². The molecule has 0 aliphatic rings. The molecule has 0 aliphatic carbocycles. The molecule has 0 aromatic heterocycles. The average molecular weight is 208 g/mol. The third kappa shape index (κ3) is 3.80. The van der Waals surface area contributed by atoms with E-state index in [1.807, 2.05) is 12.1 Å². The van der Waals surface area contributed by atoms with Crippen molar-refractivity contribution >= 4 is 25.3 Å². The van der Waals surface area contributed by atoms with Crippen molar-refractivity contribution in [1.82, 2.24) is 0 Å². The standard InChI is InChI=1S/C11H12S2/c12-7-2-1-4-10-5-3-6-11(8-10)9-13/h3,5-6,8,12-13H,2,7,9H2. The molecule has 0 radical (unpaired) electrons. The minimum Gasteiger partial charge on any atom is -0.178 e. The molecular weight excluding hydrogens is 196 g/mol. The van der Waals surface area contributed by atoms with Gasteiger partial charge in [-0.05, 0) is 17.7 Å². The summed E-state index contributed by atoms with van der Waals surface area (Å²) in [5, 5.41) is 0. The topological polar surface area (TPSA) is 0 Å². The fourth-order valence-electron chi connectivity index (χ4n) is 0.968. The first-order valence-corrected chi connectivity index (χ1v) is 5.43. The summed E-state index contributed by atoms with van der Waals surface area (Å²) in [6.45, 7) is 0. The zero-order chi connectivity index (χ0) is 9.52. The van der Waals surface area contributed by atoms with E-state index in [1.165, 1.54) is 5.56 Å². The quantitative estimate of drug-likeness (QED) is 0.542. The van der Waals surface area contributed by atoms with Crippen LogP contribution in [0, 0.1) is 11.8 Å². The number of rotatable bonds is 2. The van der Waals surface area contributed by atoms with Crippen LogP contribution in [0.2, 0.25) is 0 Å². The van der Waals surface area contributed by atoms with E-state index in [0.717, 1.165) is 23.5 Å². The van der Waals surface area contributed by atoms with E-state index in [2.05, 4.69) is 49.2 Å². The number of hydrogen-bond acceptors (Lipinski definition) is 2. The molecular formula is C11H12S2. The summed E-state index contributed by atoms with van der Waals surface area (Å²) >= 11 is 8.30. The Morgan fingerprint density at radius 2 is 2.08 bits per heavy atom. The maximum absolute atomic E-state index is 4.21. The zero-order valence-corrected chi connectivity index (χ0v) is 9.11. The van der Waals surface area contributed by atoms with Gasteiger partial charge in [0.25, 0.3) is 0 Å². The third-order valence-electron chi connectivity index (χ3n) is 1.58. The van der Waals surface area contributed by atoms with Crippen LogP contribution in [0.4, 0.5) is 0 Å². The normalized spacial score (nSPS) is 9.08. The van der Waals surface area contributed by atoms with E-state index in [4.69, 9.17) is 0 Å². The van der Waals surface area contributed by atoms with Crippen molar-refractivity contribution in [2.24, 2.45) is 0 Å². The van der Waals surface area contributed by atoms with Gasteiger partial charge in [-0.15, -0.1) is 0 Å². The van der Waals surface area contributed by atoms with Gasteiger partial charge in [0.15, 0.2) is 0 Å². The molecule has 0 atom stereocenters. The molecule has 1 rings (SSSR count). The molecule has 0 unspecified atom stereocenters. The molecule has 0 heterocycles. The molecule has 68 valence electrons. The molecule has 1 aromatic carbocycles. The second kappa shape index (κ2) is 6.01. The van der Waals surface area contributed by atoms with E-state index in [1.54, 1.807) is 0 Å². The van der Waals surface area contributed by atoms with E-state index in [-0.39, 0.29) is 0 Å². The summed E-state index contributed by atoms with van der Waals surface area (Å²) < 4.78 is 0. The highest BCUT2D eigenvalue weighted by atomic mass is 32.1. The molecule has 0 nitrogen and oxygen atoms in total. The summed E-state index contributed by atoms with van der Waals surface area (Å²) in [4.78, 5) is 0. The first-order chi connectivity index (χ1) is 6.36. The van der Waals surface area contributed by atoms with Gasteiger partial charge in [0.2, 0.25) is 0 Å². The van der Waals surface area contributed by atoms with Crippen molar-refractivity contribution in [2.75, 3.05) is 5.75 Å². The lowest BCUT2D eigenvalue weighted by atomic mass is 10.1. The minimum atomic E-state index is 0.766. The molecule has 0 N–H and O–H groups in total. The van der Waals surface area contributed by atoms with E-state index < -0.39 is 0 Å². The Balaban J connectivity index is 2.73. The van der Waals surface area contributed by atoms with Crippen molar-refractivity contribution < 1.29 is 0 Å². The predicted molar refractivity (Wildman–Crippen MR) is 64.5 cm³/mol. The van der Waals surface area contributed by atoms with E-state index in [9.17, 15) is 0 Å². The van der Waals surface area contributed by atoms with Gasteiger partial charge in [-0.1, -0.05) is 24.0 Å². The summed E-state index contributed by atoms with van der Waals surface area (Å²) in [6, 6.07) is 8.14. The fourth-order valence-corrected chi connectivity index (χ4v) is 1.28. The van der Waals surface area contributed by atoms with Crippen molar-refractivity contribution in [1.29, 1.82) is 0 Å². The molecule has 2 heteroatoms. The largest absolute Gasteiger partial charge is 0.178 e. The first-order valence-electron chi connectivity index (χ1n) is 4.16. The SMILES string of the molecule is SCCC#Cc1cccc(CS)c1.